The van der Waals surface area contributed by atoms with E-state index in [1.54, 1.807) is 0 Å². The lowest BCUT2D eigenvalue weighted by molar-refractivity contribution is 0.288. The van der Waals surface area contributed by atoms with Crippen molar-refractivity contribution in [2.24, 2.45) is 0 Å². The summed E-state index contributed by atoms with van der Waals surface area (Å²) in [6.07, 6.45) is 0.765. The fourth-order valence-corrected chi connectivity index (χ4v) is 1.98. The molecule has 0 aliphatic rings. The minimum absolute atomic E-state index is 0.611. The van der Waals surface area contributed by atoms with Crippen LogP contribution in [-0.4, -0.2) is 34.9 Å². The van der Waals surface area contributed by atoms with Gasteiger partial charge < -0.3 is 14.8 Å². The highest BCUT2D eigenvalue weighted by Crippen LogP contribution is 2.30. The van der Waals surface area contributed by atoms with E-state index in [0.29, 0.717) is 13.2 Å². The van der Waals surface area contributed by atoms with Crippen LogP contribution in [0.5, 0.6) is 11.5 Å². The molecule has 0 radical (unpaired) electrons. The molecular weight excluding hydrogens is 268 g/mol. The monoisotopic (exact) mass is 290 g/mol. The van der Waals surface area contributed by atoms with E-state index in [9.17, 15) is 0 Å². The minimum atomic E-state index is 0.611. The highest BCUT2D eigenvalue weighted by Gasteiger charge is 2.06. The lowest BCUT2D eigenvalue weighted by atomic mass is 10.2. The molecule has 114 valence electrons. The smallest absolute Gasteiger partial charge is 0.163 e. The van der Waals surface area contributed by atoms with Gasteiger partial charge in [-0.05, 0) is 32.9 Å². The average Bonchev–Trinajstić information content (AvgIpc) is 2.88. The van der Waals surface area contributed by atoms with Gasteiger partial charge in [0.05, 0.1) is 13.2 Å². The molecule has 0 spiro atoms. The Morgan fingerprint density at radius 2 is 1.90 bits per heavy atom. The number of nitrogens with zero attached hydrogens (tertiary/aromatic N) is 2. The summed E-state index contributed by atoms with van der Waals surface area (Å²) in [6, 6.07) is 5.86. The van der Waals surface area contributed by atoms with Crippen LogP contribution in [0.25, 0.3) is 0 Å². The molecule has 0 unspecified atom stereocenters. The molecule has 2 N–H and O–H groups in total. The van der Waals surface area contributed by atoms with Crippen LogP contribution in [0.15, 0.2) is 18.2 Å². The first-order valence-corrected chi connectivity index (χ1v) is 7.24. The van der Waals surface area contributed by atoms with E-state index in [-0.39, 0.29) is 0 Å². The van der Waals surface area contributed by atoms with Crippen LogP contribution in [0, 0.1) is 6.92 Å². The van der Waals surface area contributed by atoms with Crippen LogP contribution in [0.2, 0.25) is 0 Å². The first kappa shape index (κ1) is 15.2. The van der Waals surface area contributed by atoms with Gasteiger partial charge in [-0.25, -0.2) is 4.98 Å². The van der Waals surface area contributed by atoms with Gasteiger partial charge in [0.15, 0.2) is 17.3 Å². The maximum Gasteiger partial charge on any atom is 0.163 e. The predicted octanol–water partition coefficient (Wildman–Crippen LogP) is 2.57. The third-order valence-electron chi connectivity index (χ3n) is 2.86. The predicted molar refractivity (Wildman–Crippen MR) is 82.1 cm³/mol. The van der Waals surface area contributed by atoms with E-state index < -0.39 is 0 Å². The van der Waals surface area contributed by atoms with Crippen molar-refractivity contribution in [2.45, 2.75) is 27.2 Å². The van der Waals surface area contributed by atoms with Crippen molar-refractivity contribution < 1.29 is 9.47 Å². The molecule has 6 heteroatoms. The zero-order chi connectivity index (χ0) is 15.1. The largest absolute Gasteiger partial charge is 0.490 e. The van der Waals surface area contributed by atoms with Gasteiger partial charge in [-0.3, -0.25) is 5.10 Å². The molecule has 21 heavy (non-hydrogen) atoms. The molecule has 1 aromatic carbocycles. The number of aromatic nitrogens is 3. The van der Waals surface area contributed by atoms with Gasteiger partial charge in [0.2, 0.25) is 0 Å². The van der Waals surface area contributed by atoms with Crippen molar-refractivity contribution in [3.63, 3.8) is 0 Å². The summed E-state index contributed by atoms with van der Waals surface area (Å²) in [6.45, 7) is 7.81. The number of anilines is 1. The Hall–Kier alpha value is -2.24. The van der Waals surface area contributed by atoms with E-state index in [2.05, 4.69) is 20.5 Å². The van der Waals surface area contributed by atoms with Crippen molar-refractivity contribution in [3.8, 4) is 11.5 Å². The van der Waals surface area contributed by atoms with E-state index in [1.807, 2.05) is 39.0 Å². The number of hydrogen-bond donors (Lipinski definition) is 2. The summed E-state index contributed by atoms with van der Waals surface area (Å²) in [5, 5.41) is 10.3. The van der Waals surface area contributed by atoms with Crippen molar-refractivity contribution in [3.05, 3.63) is 29.8 Å². The first-order chi connectivity index (χ1) is 10.2. The van der Waals surface area contributed by atoms with Crippen molar-refractivity contribution in [2.75, 3.05) is 25.1 Å². The summed E-state index contributed by atoms with van der Waals surface area (Å²) in [5.41, 5.74) is 0.995. The van der Waals surface area contributed by atoms with Crippen LogP contribution >= 0.6 is 0 Å². The Balaban J connectivity index is 1.94. The Morgan fingerprint density at radius 3 is 2.57 bits per heavy atom. The second kappa shape index (κ2) is 7.52. The van der Waals surface area contributed by atoms with Gasteiger partial charge in [-0.2, -0.15) is 5.10 Å². The van der Waals surface area contributed by atoms with Crippen LogP contribution in [-0.2, 0) is 6.42 Å². The molecule has 0 fully saturated rings. The number of nitrogens with one attached hydrogen (secondary N) is 2. The Kier molecular flexibility index (Phi) is 5.43. The van der Waals surface area contributed by atoms with E-state index in [4.69, 9.17) is 9.47 Å². The second-order valence-corrected chi connectivity index (χ2v) is 4.54. The molecule has 0 saturated carbocycles. The molecule has 2 rings (SSSR count). The zero-order valence-corrected chi connectivity index (χ0v) is 12.8. The van der Waals surface area contributed by atoms with E-state index in [1.165, 1.54) is 0 Å². The number of rotatable bonds is 8. The van der Waals surface area contributed by atoms with Crippen molar-refractivity contribution in [1.29, 1.82) is 0 Å². The Labute approximate surface area is 124 Å². The third-order valence-corrected chi connectivity index (χ3v) is 2.86. The maximum absolute atomic E-state index is 5.60. The maximum atomic E-state index is 5.60. The fourth-order valence-electron chi connectivity index (χ4n) is 1.98. The lowest BCUT2D eigenvalue weighted by Crippen LogP contribution is -2.07. The normalized spacial score (nSPS) is 10.4. The van der Waals surface area contributed by atoms with Crippen LogP contribution in [0.3, 0.4) is 0 Å². The molecule has 1 heterocycles. The molecule has 0 saturated heterocycles. The molecule has 2 aromatic rings. The zero-order valence-electron chi connectivity index (χ0n) is 12.8. The molecule has 0 bridgehead atoms. The topological polar surface area (TPSA) is 72.1 Å². The number of H-pyrrole nitrogens is 1. The van der Waals surface area contributed by atoms with E-state index >= 15 is 0 Å². The fraction of sp³-hybridized carbons (Fsp3) is 0.467. The molecule has 1 aromatic heterocycles. The number of benzene rings is 1. The number of aryl methyl sites for hydroxylation is 1. The highest BCUT2D eigenvalue weighted by molar-refractivity contribution is 5.54. The first-order valence-electron chi connectivity index (χ1n) is 7.24. The Morgan fingerprint density at radius 1 is 1.14 bits per heavy atom. The van der Waals surface area contributed by atoms with Gasteiger partial charge >= 0.3 is 0 Å². The quantitative estimate of drug-likeness (QED) is 0.781. The van der Waals surface area contributed by atoms with Crippen LogP contribution in [0.4, 0.5) is 5.69 Å². The van der Waals surface area contributed by atoms with Gasteiger partial charge in [-0.15, -0.1) is 0 Å². The van der Waals surface area contributed by atoms with Gasteiger partial charge in [-0.1, -0.05) is 0 Å². The van der Waals surface area contributed by atoms with Crippen molar-refractivity contribution >= 4 is 5.69 Å². The average molecular weight is 290 g/mol. The second-order valence-electron chi connectivity index (χ2n) is 4.54. The number of ether oxygens (including phenoxy) is 2. The lowest BCUT2D eigenvalue weighted by Gasteiger charge is -2.13. The van der Waals surface area contributed by atoms with Gasteiger partial charge in [0.25, 0.3) is 0 Å². The summed E-state index contributed by atoms with van der Waals surface area (Å²) in [4.78, 5) is 4.28. The Bertz CT molecular complexity index is 569. The number of aromatic amines is 1. The SMILES string of the molecule is CCOc1ccc(NCCc2n[nH]c(C)n2)cc1OCC. The van der Waals surface area contributed by atoms with Gasteiger partial charge in [0, 0.05) is 24.7 Å². The molecular formula is C15H22N4O2. The summed E-state index contributed by atoms with van der Waals surface area (Å²) >= 11 is 0. The van der Waals surface area contributed by atoms with Crippen LogP contribution in [0.1, 0.15) is 25.5 Å². The van der Waals surface area contributed by atoms with Crippen molar-refractivity contribution in [1.82, 2.24) is 15.2 Å². The third kappa shape index (κ3) is 4.37. The van der Waals surface area contributed by atoms with Gasteiger partial charge in [0.1, 0.15) is 5.82 Å². The number of hydrogen-bond acceptors (Lipinski definition) is 5. The molecule has 0 aliphatic heterocycles. The summed E-state index contributed by atoms with van der Waals surface area (Å²) in [5.74, 6) is 3.19. The minimum Gasteiger partial charge on any atom is -0.490 e. The summed E-state index contributed by atoms with van der Waals surface area (Å²) < 4.78 is 11.1. The summed E-state index contributed by atoms with van der Waals surface area (Å²) in [7, 11) is 0. The standard InChI is InChI=1S/C15H22N4O2/c1-4-20-13-7-6-12(10-14(13)21-5-2)16-9-8-15-17-11(3)18-19-15/h6-7,10,16H,4-5,8-9H2,1-3H3,(H,17,18,19). The molecule has 0 aliphatic carbocycles. The molecule has 0 atom stereocenters. The molecule has 6 nitrogen and oxygen atoms in total. The van der Waals surface area contributed by atoms with E-state index in [0.717, 1.165) is 41.8 Å². The molecule has 0 amide bonds. The highest BCUT2D eigenvalue weighted by atomic mass is 16.5. The van der Waals surface area contributed by atoms with Crippen LogP contribution < -0.4 is 14.8 Å².